The van der Waals surface area contributed by atoms with Gasteiger partial charge in [-0.2, -0.15) is 0 Å². The van der Waals surface area contributed by atoms with Gasteiger partial charge in [0.15, 0.2) is 5.96 Å². The number of halogens is 3. The van der Waals surface area contributed by atoms with E-state index >= 15 is 0 Å². The molecule has 1 heterocycles. The topological polar surface area (TPSA) is 62.5 Å². The average molecular weight is 469 g/mol. The van der Waals surface area contributed by atoms with Gasteiger partial charge in [-0.3, -0.25) is 0 Å². The van der Waals surface area contributed by atoms with Gasteiger partial charge in [0, 0.05) is 22.7 Å². The molecule has 0 amide bonds. The molecule has 5 nitrogen and oxygen atoms in total. The Morgan fingerprint density at radius 2 is 2.13 bits per heavy atom. The minimum absolute atomic E-state index is 0. The van der Waals surface area contributed by atoms with Crippen molar-refractivity contribution in [1.29, 1.82) is 0 Å². The van der Waals surface area contributed by atoms with Crippen molar-refractivity contribution in [3.63, 3.8) is 0 Å². The first-order valence-corrected chi connectivity index (χ1v) is 7.74. The predicted molar refractivity (Wildman–Crippen MR) is 105 cm³/mol. The molecule has 2 N–H and O–H groups in total. The minimum atomic E-state index is -0.0140. The maximum absolute atomic E-state index is 6.24. The quantitative estimate of drug-likeness (QED) is 0.387. The number of hydrogen-bond donors (Lipinski definition) is 2. The van der Waals surface area contributed by atoms with Crippen LogP contribution in [0.15, 0.2) is 40.0 Å². The third-order valence-corrected chi connectivity index (χ3v) is 3.58. The van der Waals surface area contributed by atoms with Crippen LogP contribution in [0.3, 0.4) is 0 Å². The summed E-state index contributed by atoms with van der Waals surface area (Å²) in [5.74, 6) is 0.684. The molecule has 1 aromatic carbocycles. The molecule has 23 heavy (non-hydrogen) atoms. The van der Waals surface area contributed by atoms with Crippen molar-refractivity contribution in [2.45, 2.75) is 26.4 Å². The number of aromatic nitrogens is 1. The highest BCUT2D eigenvalue weighted by atomic mass is 127. The van der Waals surface area contributed by atoms with E-state index in [1.807, 2.05) is 26.0 Å². The molecule has 0 aliphatic rings. The summed E-state index contributed by atoms with van der Waals surface area (Å²) < 4.78 is 4.79. The summed E-state index contributed by atoms with van der Waals surface area (Å²) in [5.41, 5.74) is 1.73. The molecule has 0 fully saturated rings. The Morgan fingerprint density at radius 1 is 1.35 bits per heavy atom. The molecule has 2 aromatic rings. The van der Waals surface area contributed by atoms with E-state index in [-0.39, 0.29) is 30.0 Å². The molecule has 126 valence electrons. The van der Waals surface area contributed by atoms with Gasteiger partial charge < -0.3 is 15.2 Å². The van der Waals surface area contributed by atoms with Crippen LogP contribution in [0, 0.1) is 0 Å². The first-order chi connectivity index (χ1) is 10.6. The monoisotopic (exact) mass is 468 g/mol. The van der Waals surface area contributed by atoms with Gasteiger partial charge in [0.25, 0.3) is 0 Å². The first kappa shape index (κ1) is 20.1. The standard InChI is InChI=1S/C15H18Cl2N4O.HI/c1-3-18-15(19-9-12-6-7-22-21-12)20-10(2)13-5-4-11(16)8-14(13)17;/h4-8,10H,3,9H2,1-2H3,(H2,18,19,20);1H. The zero-order valence-electron chi connectivity index (χ0n) is 12.8. The Labute approximate surface area is 162 Å². The van der Waals surface area contributed by atoms with E-state index in [0.717, 1.165) is 17.8 Å². The maximum Gasteiger partial charge on any atom is 0.192 e. The van der Waals surface area contributed by atoms with Gasteiger partial charge in [-0.25, -0.2) is 4.99 Å². The van der Waals surface area contributed by atoms with E-state index in [1.54, 1.807) is 12.1 Å². The number of aliphatic imine (C=N–C) groups is 1. The second-order valence-electron chi connectivity index (χ2n) is 4.72. The molecule has 2 rings (SSSR count). The van der Waals surface area contributed by atoms with Gasteiger partial charge in [0.2, 0.25) is 0 Å². The van der Waals surface area contributed by atoms with E-state index in [0.29, 0.717) is 22.5 Å². The van der Waals surface area contributed by atoms with Crippen molar-refractivity contribution in [3.05, 3.63) is 51.8 Å². The Kier molecular flexibility index (Phi) is 8.72. The lowest BCUT2D eigenvalue weighted by Gasteiger charge is -2.19. The zero-order valence-corrected chi connectivity index (χ0v) is 16.7. The van der Waals surface area contributed by atoms with Crippen LogP contribution in [0.4, 0.5) is 0 Å². The normalized spacial score (nSPS) is 12.4. The van der Waals surface area contributed by atoms with Gasteiger partial charge >= 0.3 is 0 Å². The second-order valence-corrected chi connectivity index (χ2v) is 5.56. The molecule has 1 aromatic heterocycles. The van der Waals surface area contributed by atoms with Crippen molar-refractivity contribution in [1.82, 2.24) is 15.8 Å². The predicted octanol–water partition coefficient (Wildman–Crippen LogP) is 4.42. The fourth-order valence-corrected chi connectivity index (χ4v) is 2.51. The highest BCUT2D eigenvalue weighted by molar-refractivity contribution is 14.0. The zero-order chi connectivity index (χ0) is 15.9. The van der Waals surface area contributed by atoms with Crippen LogP contribution in [0.5, 0.6) is 0 Å². The van der Waals surface area contributed by atoms with Crippen LogP contribution in [-0.4, -0.2) is 17.7 Å². The van der Waals surface area contributed by atoms with Crippen LogP contribution in [-0.2, 0) is 6.54 Å². The lowest BCUT2D eigenvalue weighted by Crippen LogP contribution is -2.38. The fraction of sp³-hybridized carbons (Fsp3) is 0.333. The largest absolute Gasteiger partial charge is 0.364 e. The van der Waals surface area contributed by atoms with E-state index < -0.39 is 0 Å². The Morgan fingerprint density at radius 3 is 2.74 bits per heavy atom. The van der Waals surface area contributed by atoms with E-state index in [4.69, 9.17) is 27.7 Å². The summed E-state index contributed by atoms with van der Waals surface area (Å²) in [6, 6.07) is 7.23. The SMILES string of the molecule is CCNC(=NCc1ccon1)NC(C)c1ccc(Cl)cc1Cl.I. The number of benzene rings is 1. The Balaban J connectivity index is 0.00000264. The molecule has 0 saturated heterocycles. The lowest BCUT2D eigenvalue weighted by atomic mass is 10.1. The van der Waals surface area contributed by atoms with E-state index in [9.17, 15) is 0 Å². The number of nitrogens with zero attached hydrogens (tertiary/aromatic N) is 2. The van der Waals surface area contributed by atoms with Crippen LogP contribution >= 0.6 is 47.2 Å². The third-order valence-electron chi connectivity index (χ3n) is 3.02. The molecule has 0 saturated carbocycles. The molecule has 0 aliphatic heterocycles. The summed E-state index contributed by atoms with van der Waals surface area (Å²) in [7, 11) is 0. The summed E-state index contributed by atoms with van der Waals surface area (Å²) in [4.78, 5) is 4.47. The molecule has 1 atom stereocenters. The van der Waals surface area contributed by atoms with Crippen molar-refractivity contribution >= 4 is 53.1 Å². The van der Waals surface area contributed by atoms with E-state index in [2.05, 4.69) is 20.8 Å². The number of rotatable bonds is 5. The van der Waals surface area contributed by atoms with Gasteiger partial charge in [0.1, 0.15) is 12.0 Å². The minimum Gasteiger partial charge on any atom is -0.364 e. The summed E-state index contributed by atoms with van der Waals surface area (Å²) >= 11 is 12.2. The smallest absolute Gasteiger partial charge is 0.192 e. The van der Waals surface area contributed by atoms with Crippen LogP contribution in [0.1, 0.15) is 31.1 Å². The number of guanidine groups is 1. The second kappa shape index (κ2) is 10.00. The highest BCUT2D eigenvalue weighted by Crippen LogP contribution is 2.25. The molecular weight excluding hydrogens is 450 g/mol. The summed E-state index contributed by atoms with van der Waals surface area (Å²) in [6.45, 7) is 5.21. The molecule has 1 unspecified atom stereocenters. The average Bonchev–Trinajstić information content (AvgIpc) is 2.98. The molecule has 0 bridgehead atoms. The molecule has 0 aliphatic carbocycles. The van der Waals surface area contributed by atoms with Crippen LogP contribution < -0.4 is 10.6 Å². The van der Waals surface area contributed by atoms with Gasteiger partial charge in [0.05, 0.1) is 12.6 Å². The summed E-state index contributed by atoms with van der Waals surface area (Å²) in [6.07, 6.45) is 1.53. The molecular formula is C15H19Cl2IN4O. The Hall–Kier alpha value is -0.990. The fourth-order valence-electron chi connectivity index (χ4n) is 1.93. The van der Waals surface area contributed by atoms with E-state index in [1.165, 1.54) is 6.26 Å². The van der Waals surface area contributed by atoms with Gasteiger partial charge in [-0.15, -0.1) is 24.0 Å². The third kappa shape index (κ3) is 6.19. The van der Waals surface area contributed by atoms with Gasteiger partial charge in [-0.1, -0.05) is 34.4 Å². The van der Waals surface area contributed by atoms with Crippen LogP contribution in [0.25, 0.3) is 0 Å². The van der Waals surface area contributed by atoms with Crippen LogP contribution in [0.2, 0.25) is 10.0 Å². The van der Waals surface area contributed by atoms with Crippen molar-refractivity contribution in [3.8, 4) is 0 Å². The maximum atomic E-state index is 6.24. The first-order valence-electron chi connectivity index (χ1n) is 6.99. The Bertz CT molecular complexity index is 634. The lowest BCUT2D eigenvalue weighted by molar-refractivity contribution is 0.412. The highest BCUT2D eigenvalue weighted by Gasteiger charge is 2.11. The van der Waals surface area contributed by atoms with Crippen molar-refractivity contribution < 1.29 is 4.52 Å². The molecule has 0 radical (unpaired) electrons. The summed E-state index contributed by atoms with van der Waals surface area (Å²) in [5, 5.41) is 11.6. The number of nitrogens with one attached hydrogen (secondary N) is 2. The van der Waals surface area contributed by atoms with Gasteiger partial charge in [-0.05, 0) is 31.5 Å². The van der Waals surface area contributed by atoms with Crippen molar-refractivity contribution in [2.24, 2.45) is 4.99 Å². The molecule has 0 spiro atoms. The number of hydrogen-bond acceptors (Lipinski definition) is 3. The van der Waals surface area contributed by atoms with Crippen molar-refractivity contribution in [2.75, 3.05) is 6.54 Å². The molecule has 8 heteroatoms.